The van der Waals surface area contributed by atoms with Crippen LogP contribution in [0.1, 0.15) is 114 Å². The van der Waals surface area contributed by atoms with Crippen molar-refractivity contribution >= 4 is 11.9 Å². The molecule has 0 saturated carbocycles. The van der Waals surface area contributed by atoms with Gasteiger partial charge in [-0.1, -0.05) is 78.1 Å². The number of carbonyl (C=O) groups excluding carboxylic acids is 2. The molecular formula is C24H48Na2O6. The van der Waals surface area contributed by atoms with Gasteiger partial charge in [0, 0.05) is 6.92 Å². The van der Waals surface area contributed by atoms with Gasteiger partial charge in [0.15, 0.2) is 0 Å². The van der Waals surface area contributed by atoms with Gasteiger partial charge >= 0.3 is 71.1 Å². The van der Waals surface area contributed by atoms with Crippen molar-refractivity contribution in [3.05, 3.63) is 0 Å². The number of ether oxygens (including phenoxy) is 3. The smallest absolute Gasteiger partial charge is 1.00 e. The summed E-state index contributed by atoms with van der Waals surface area (Å²) >= 11 is 0. The molecule has 0 aromatic carbocycles. The molecule has 2 unspecified atom stereocenters. The molecule has 0 spiro atoms. The minimum Gasteiger partial charge on any atom is -1.00 e. The summed E-state index contributed by atoms with van der Waals surface area (Å²) < 4.78 is 16.0. The third-order valence-electron chi connectivity index (χ3n) is 5.12. The second-order valence-corrected chi connectivity index (χ2v) is 8.15. The van der Waals surface area contributed by atoms with E-state index in [0.717, 1.165) is 32.1 Å². The van der Waals surface area contributed by atoms with Crippen LogP contribution in [0.25, 0.3) is 0 Å². The molecule has 0 aromatic heterocycles. The predicted molar refractivity (Wildman–Crippen MR) is 122 cm³/mol. The Balaban J connectivity index is -0.000000701. The molecule has 0 fully saturated rings. The number of carbonyl (C=O) groups is 2. The Morgan fingerprint density at radius 1 is 0.750 bits per heavy atom. The summed E-state index contributed by atoms with van der Waals surface area (Å²) in [5.74, 6) is -0.822. The average molecular weight is 479 g/mol. The summed E-state index contributed by atoms with van der Waals surface area (Å²) in [6, 6.07) is 0. The number of rotatable bonds is 21. The van der Waals surface area contributed by atoms with Crippen LogP contribution in [0.4, 0.5) is 0 Å². The van der Waals surface area contributed by atoms with Gasteiger partial charge in [0.25, 0.3) is 0 Å². The van der Waals surface area contributed by atoms with Gasteiger partial charge in [-0.3, -0.25) is 4.79 Å². The molecule has 6 nitrogen and oxygen atoms in total. The quantitative estimate of drug-likeness (QED) is 0.137. The number of aliphatic hydroxyl groups is 1. The van der Waals surface area contributed by atoms with Gasteiger partial charge < -0.3 is 22.2 Å². The van der Waals surface area contributed by atoms with E-state index >= 15 is 0 Å². The van der Waals surface area contributed by atoms with Crippen LogP contribution in [-0.4, -0.2) is 49.1 Å². The van der Waals surface area contributed by atoms with E-state index in [1.165, 1.54) is 58.3 Å². The maximum Gasteiger partial charge on any atom is 1.00 e. The van der Waals surface area contributed by atoms with E-state index in [4.69, 9.17) is 14.2 Å². The van der Waals surface area contributed by atoms with E-state index < -0.39 is 12.1 Å². The molecule has 0 aliphatic heterocycles. The first-order chi connectivity index (χ1) is 14.5. The van der Waals surface area contributed by atoms with E-state index in [-0.39, 0.29) is 93.9 Å². The Kier molecular flexibility index (Phi) is 32.8. The molecule has 32 heavy (non-hydrogen) atoms. The van der Waals surface area contributed by atoms with Gasteiger partial charge in [0.2, 0.25) is 0 Å². The Hall–Kier alpha value is 0.860. The van der Waals surface area contributed by atoms with Crippen molar-refractivity contribution < 1.29 is 90.9 Å². The Bertz CT molecular complexity index is 434. The largest absolute Gasteiger partial charge is 1.00 e. The molecule has 0 aromatic rings. The number of aliphatic hydroxyl groups excluding tert-OH is 1. The van der Waals surface area contributed by atoms with Crippen molar-refractivity contribution in [1.29, 1.82) is 0 Å². The third-order valence-corrected chi connectivity index (χ3v) is 5.12. The van der Waals surface area contributed by atoms with E-state index in [9.17, 15) is 14.7 Å². The minimum atomic E-state index is -0.485. The van der Waals surface area contributed by atoms with E-state index in [1.54, 1.807) is 0 Å². The SMILES string of the molecule is CCCCCCCCC(COCC(=O)OC(CO)CCCCCCCC)OC(C)=O.[H-].[H-].[Na+].[Na+]. The van der Waals surface area contributed by atoms with Crippen molar-refractivity contribution in [3.63, 3.8) is 0 Å². The van der Waals surface area contributed by atoms with Gasteiger partial charge in [-0.2, -0.15) is 0 Å². The van der Waals surface area contributed by atoms with Gasteiger partial charge in [-0.05, 0) is 25.7 Å². The van der Waals surface area contributed by atoms with Gasteiger partial charge in [-0.15, -0.1) is 0 Å². The molecule has 0 bridgehead atoms. The summed E-state index contributed by atoms with van der Waals surface area (Å²) in [5.41, 5.74) is 0. The van der Waals surface area contributed by atoms with Gasteiger partial charge in [-0.25, -0.2) is 4.79 Å². The molecule has 0 saturated heterocycles. The summed E-state index contributed by atoms with van der Waals surface area (Å²) in [5, 5.41) is 9.43. The first kappa shape index (κ1) is 37.4. The van der Waals surface area contributed by atoms with Crippen LogP contribution in [0.5, 0.6) is 0 Å². The van der Waals surface area contributed by atoms with E-state index in [2.05, 4.69) is 13.8 Å². The fourth-order valence-corrected chi connectivity index (χ4v) is 3.40. The number of hydrogen-bond acceptors (Lipinski definition) is 6. The van der Waals surface area contributed by atoms with E-state index in [1.807, 2.05) is 0 Å². The maximum atomic E-state index is 12.0. The monoisotopic (exact) mass is 478 g/mol. The average Bonchev–Trinajstić information content (AvgIpc) is 2.71. The van der Waals surface area contributed by atoms with Crippen molar-refractivity contribution in [2.24, 2.45) is 0 Å². The molecule has 8 heteroatoms. The van der Waals surface area contributed by atoms with Crippen LogP contribution in [0.3, 0.4) is 0 Å². The van der Waals surface area contributed by atoms with Crippen molar-refractivity contribution in [2.45, 2.75) is 123 Å². The number of hydrogen-bond donors (Lipinski definition) is 1. The number of unbranched alkanes of at least 4 members (excludes halogenated alkanes) is 10. The van der Waals surface area contributed by atoms with Crippen molar-refractivity contribution in [3.8, 4) is 0 Å². The maximum absolute atomic E-state index is 12.0. The zero-order valence-electron chi connectivity index (χ0n) is 23.7. The molecule has 0 aliphatic rings. The third kappa shape index (κ3) is 25.5. The molecule has 1 N–H and O–H groups in total. The molecule has 0 rings (SSSR count). The summed E-state index contributed by atoms with van der Waals surface area (Å²) in [6.07, 6.45) is 14.5. The second-order valence-electron chi connectivity index (χ2n) is 8.15. The van der Waals surface area contributed by atoms with Crippen LogP contribution in [0.2, 0.25) is 0 Å². The second kappa shape index (κ2) is 28.1. The first-order valence-electron chi connectivity index (χ1n) is 12.1. The summed E-state index contributed by atoms with van der Waals surface area (Å²) in [6.45, 7) is 5.58. The number of esters is 2. The molecule has 0 radical (unpaired) electrons. The van der Waals surface area contributed by atoms with Crippen LogP contribution in [-0.2, 0) is 23.8 Å². The Morgan fingerprint density at radius 2 is 1.22 bits per heavy atom. The van der Waals surface area contributed by atoms with Crippen molar-refractivity contribution in [1.82, 2.24) is 0 Å². The van der Waals surface area contributed by atoms with Crippen molar-refractivity contribution in [2.75, 3.05) is 19.8 Å². The Labute approximate surface area is 243 Å². The normalized spacial score (nSPS) is 12.2. The van der Waals surface area contributed by atoms with E-state index in [0.29, 0.717) is 6.42 Å². The molecule has 0 amide bonds. The minimum absolute atomic E-state index is 0. The standard InChI is InChI=1S/C24H46O6.2Na.2H/c1-4-6-8-10-12-14-16-22(18-25)30-24(27)20-28-19-23(29-21(3)26)17-15-13-11-9-7-5-2;;;;/h22-23,25H,4-20H2,1-3H3;;;;/q;2*+1;2*-1. The van der Waals surface area contributed by atoms with Crippen LogP contribution in [0, 0.1) is 0 Å². The molecular weight excluding hydrogens is 430 g/mol. The molecule has 0 heterocycles. The Morgan fingerprint density at radius 3 is 1.69 bits per heavy atom. The zero-order chi connectivity index (χ0) is 22.5. The van der Waals surface area contributed by atoms with Crippen LogP contribution >= 0.6 is 0 Å². The van der Waals surface area contributed by atoms with Gasteiger partial charge in [0.05, 0.1) is 13.2 Å². The molecule has 2 atom stereocenters. The van der Waals surface area contributed by atoms with Crippen LogP contribution < -0.4 is 59.1 Å². The first-order valence-corrected chi connectivity index (χ1v) is 12.1. The zero-order valence-corrected chi connectivity index (χ0v) is 25.7. The van der Waals surface area contributed by atoms with Gasteiger partial charge in [0.1, 0.15) is 18.8 Å². The van der Waals surface area contributed by atoms with Crippen LogP contribution in [0.15, 0.2) is 0 Å². The summed E-state index contributed by atoms with van der Waals surface area (Å²) in [7, 11) is 0. The summed E-state index contributed by atoms with van der Waals surface area (Å²) in [4.78, 5) is 23.3. The molecule has 0 aliphatic carbocycles. The fourth-order valence-electron chi connectivity index (χ4n) is 3.40. The fraction of sp³-hybridized carbons (Fsp3) is 0.917. The topological polar surface area (TPSA) is 82.1 Å². The molecule has 182 valence electrons. The predicted octanol–water partition coefficient (Wildman–Crippen LogP) is -0.427.